The van der Waals surface area contributed by atoms with Gasteiger partial charge in [0.2, 0.25) is 0 Å². The Hall–Kier alpha value is -1.94. The number of carbonyl (C=O) groups excluding carboxylic acids is 4. The first-order valence-corrected chi connectivity index (χ1v) is 46.6. The minimum Gasteiger partial charge on any atom is -0.462 e. The van der Waals surface area contributed by atoms with E-state index >= 15 is 0 Å². The normalized spacial score (nSPS) is 13.8. The average Bonchev–Trinajstić information content (AvgIpc) is 0.912. The molecule has 612 valence electrons. The molecule has 0 rings (SSSR count). The molecule has 0 aromatic carbocycles. The van der Waals surface area contributed by atoms with E-state index in [0.717, 1.165) is 109 Å². The van der Waals surface area contributed by atoms with Gasteiger partial charge in [-0.3, -0.25) is 37.3 Å². The molecular weight excluding hydrogens is 1340 g/mol. The number of aliphatic hydroxyl groups excluding tert-OH is 1. The molecule has 0 fully saturated rings. The van der Waals surface area contributed by atoms with Crippen LogP contribution in [0.5, 0.6) is 0 Å². The summed E-state index contributed by atoms with van der Waals surface area (Å²) in [5.41, 5.74) is 0. The van der Waals surface area contributed by atoms with Crippen molar-refractivity contribution in [3.05, 3.63) is 0 Å². The van der Waals surface area contributed by atoms with Crippen LogP contribution in [-0.4, -0.2) is 96.7 Å². The zero-order chi connectivity index (χ0) is 75.5. The Morgan fingerprint density at radius 1 is 0.262 bits per heavy atom. The molecule has 17 nitrogen and oxygen atoms in total. The Balaban J connectivity index is 5.16. The summed E-state index contributed by atoms with van der Waals surface area (Å²) in [6.45, 7) is 7.32. The molecule has 5 atom stereocenters. The lowest BCUT2D eigenvalue weighted by Crippen LogP contribution is -2.30. The van der Waals surface area contributed by atoms with Gasteiger partial charge in [-0.05, 0) is 31.6 Å². The van der Waals surface area contributed by atoms with Gasteiger partial charge in [0.05, 0.1) is 26.4 Å². The monoisotopic (exact) mass is 1510 g/mol. The molecule has 0 saturated carbocycles. The van der Waals surface area contributed by atoms with Crippen molar-refractivity contribution in [3.63, 3.8) is 0 Å². The summed E-state index contributed by atoms with van der Waals surface area (Å²) >= 11 is 0. The van der Waals surface area contributed by atoms with Gasteiger partial charge in [-0.2, -0.15) is 0 Å². The molecule has 103 heavy (non-hydrogen) atoms. The van der Waals surface area contributed by atoms with Crippen molar-refractivity contribution < 1.29 is 80.2 Å². The number of unbranched alkanes of at least 4 members (excludes halogenated alkanes) is 56. The molecule has 19 heteroatoms. The Bertz CT molecular complexity index is 1960. The predicted molar refractivity (Wildman–Crippen MR) is 423 cm³/mol. The fraction of sp³-hybridized carbons (Fsp3) is 0.952. The van der Waals surface area contributed by atoms with Crippen molar-refractivity contribution in [2.75, 3.05) is 39.6 Å². The van der Waals surface area contributed by atoms with E-state index in [2.05, 4.69) is 34.6 Å². The lowest BCUT2D eigenvalue weighted by atomic mass is 10.0. The van der Waals surface area contributed by atoms with Gasteiger partial charge in [-0.15, -0.1) is 0 Å². The summed E-state index contributed by atoms with van der Waals surface area (Å²) in [5.74, 6) is -1.32. The van der Waals surface area contributed by atoms with E-state index in [1.54, 1.807) is 0 Å². The molecule has 0 aromatic rings. The van der Waals surface area contributed by atoms with Gasteiger partial charge in [-0.1, -0.05) is 401 Å². The smallest absolute Gasteiger partial charge is 0.462 e. The molecule has 2 unspecified atom stereocenters. The first-order valence-electron chi connectivity index (χ1n) is 43.6. The number of rotatable bonds is 84. The topological polar surface area (TPSA) is 237 Å². The second kappa shape index (κ2) is 76.8. The first-order chi connectivity index (χ1) is 50.0. The highest BCUT2D eigenvalue weighted by molar-refractivity contribution is 7.47. The molecule has 0 spiro atoms. The van der Waals surface area contributed by atoms with Crippen molar-refractivity contribution in [3.8, 4) is 0 Å². The number of hydrogen-bond donors (Lipinski definition) is 3. The van der Waals surface area contributed by atoms with E-state index in [-0.39, 0.29) is 25.7 Å². The molecule has 0 aliphatic carbocycles. The molecule has 0 bridgehead atoms. The minimum atomic E-state index is -4.96. The van der Waals surface area contributed by atoms with Crippen molar-refractivity contribution in [1.29, 1.82) is 0 Å². The summed E-state index contributed by atoms with van der Waals surface area (Å²) in [6, 6.07) is 0. The lowest BCUT2D eigenvalue weighted by molar-refractivity contribution is -0.161. The van der Waals surface area contributed by atoms with E-state index in [1.807, 2.05) is 0 Å². The second-order valence-corrected chi connectivity index (χ2v) is 33.6. The quantitative estimate of drug-likeness (QED) is 0.0222. The van der Waals surface area contributed by atoms with Gasteiger partial charge in [-0.25, -0.2) is 9.13 Å². The molecular formula is C84H164O17P2. The van der Waals surface area contributed by atoms with Crippen LogP contribution in [0.15, 0.2) is 0 Å². The van der Waals surface area contributed by atoms with Gasteiger partial charge in [0.25, 0.3) is 0 Å². The lowest BCUT2D eigenvalue weighted by Gasteiger charge is -2.21. The molecule has 0 amide bonds. The zero-order valence-electron chi connectivity index (χ0n) is 67.5. The number of ether oxygens (including phenoxy) is 4. The van der Waals surface area contributed by atoms with E-state index in [9.17, 15) is 43.2 Å². The maximum absolute atomic E-state index is 13.1. The van der Waals surface area contributed by atoms with Crippen LogP contribution in [0.4, 0.5) is 0 Å². The summed E-state index contributed by atoms with van der Waals surface area (Å²) in [6.07, 6.45) is 69.7. The van der Waals surface area contributed by atoms with Gasteiger partial charge >= 0.3 is 39.5 Å². The van der Waals surface area contributed by atoms with Gasteiger partial charge in [0.1, 0.15) is 19.3 Å². The molecule has 0 aliphatic heterocycles. The number of phosphoric acid groups is 2. The third kappa shape index (κ3) is 78.0. The third-order valence-electron chi connectivity index (χ3n) is 19.8. The highest BCUT2D eigenvalue weighted by atomic mass is 31.2. The van der Waals surface area contributed by atoms with Crippen LogP contribution in [0.1, 0.15) is 452 Å². The van der Waals surface area contributed by atoms with E-state index < -0.39 is 97.5 Å². The van der Waals surface area contributed by atoms with Gasteiger partial charge in [0.15, 0.2) is 12.2 Å². The van der Waals surface area contributed by atoms with E-state index in [4.69, 9.17) is 37.0 Å². The van der Waals surface area contributed by atoms with Crippen LogP contribution in [0.3, 0.4) is 0 Å². The second-order valence-electron chi connectivity index (χ2n) is 30.7. The largest absolute Gasteiger partial charge is 0.472 e. The van der Waals surface area contributed by atoms with E-state index in [0.29, 0.717) is 25.7 Å². The standard InChI is InChI=1S/C84H164O17P2/c1-6-9-12-15-18-20-22-24-26-28-30-31-33-35-37-41-45-49-54-59-64-69-84(89)101-80(74-95-82(87)68-63-58-53-48-44-40-36-34-32-29-27-25-23-21-19-16-13-10-7-2)76-99-103(92,93)97-72-78(85)71-96-102(90,91)98-75-79(73-94-81(86)67-62-57-51-17-14-11-8-3)100-83(88)70-65-60-55-50-46-42-38-39-43-47-52-56-61-66-77(4)5/h77-80,85H,6-76H2,1-5H3,(H,90,91)(H,92,93)/t78-,79+,80+/m0/s1. The molecule has 0 saturated heterocycles. The van der Waals surface area contributed by atoms with Crippen molar-refractivity contribution in [2.24, 2.45) is 5.92 Å². The maximum Gasteiger partial charge on any atom is 0.472 e. The van der Waals surface area contributed by atoms with Crippen molar-refractivity contribution in [2.45, 2.75) is 470 Å². The minimum absolute atomic E-state index is 0.107. The SMILES string of the molecule is CCCCCCCCCCCCCCCCCCCCCCCC(=O)O[C@H](COC(=O)CCCCCCCCCCCCCCCCCCCCC)COP(=O)(O)OC[C@@H](O)COP(=O)(O)OC[C@@H](COC(=O)CCCCCCCCC)OC(=O)CCCCCCCCCCCCCCCC(C)C. The van der Waals surface area contributed by atoms with Crippen molar-refractivity contribution >= 4 is 39.5 Å². The van der Waals surface area contributed by atoms with Crippen LogP contribution in [0.2, 0.25) is 0 Å². The Morgan fingerprint density at radius 3 is 0.660 bits per heavy atom. The van der Waals surface area contributed by atoms with Gasteiger partial charge < -0.3 is 33.8 Å². The number of hydrogen-bond acceptors (Lipinski definition) is 15. The number of aliphatic hydroxyl groups is 1. The summed E-state index contributed by atoms with van der Waals surface area (Å²) in [7, 11) is -9.92. The molecule has 0 radical (unpaired) electrons. The maximum atomic E-state index is 13.1. The predicted octanol–water partition coefficient (Wildman–Crippen LogP) is 25.6. The van der Waals surface area contributed by atoms with Crippen molar-refractivity contribution in [1.82, 2.24) is 0 Å². The summed E-state index contributed by atoms with van der Waals surface area (Å²) < 4.78 is 68.7. The Kier molecular flexibility index (Phi) is 75.4. The molecule has 0 aromatic heterocycles. The van der Waals surface area contributed by atoms with Crippen LogP contribution >= 0.6 is 15.6 Å². The number of esters is 4. The first kappa shape index (κ1) is 101. The Labute approximate surface area is 632 Å². The van der Waals surface area contributed by atoms with Crippen LogP contribution in [-0.2, 0) is 65.4 Å². The fourth-order valence-corrected chi connectivity index (χ4v) is 14.7. The number of carbonyl (C=O) groups is 4. The number of phosphoric ester groups is 2. The highest BCUT2D eigenvalue weighted by Crippen LogP contribution is 2.45. The van der Waals surface area contributed by atoms with E-state index in [1.165, 1.54) is 263 Å². The molecule has 0 heterocycles. The van der Waals surface area contributed by atoms with Crippen LogP contribution in [0, 0.1) is 5.92 Å². The van der Waals surface area contributed by atoms with Gasteiger partial charge in [0, 0.05) is 25.7 Å². The summed E-state index contributed by atoms with van der Waals surface area (Å²) in [4.78, 5) is 73.0. The zero-order valence-corrected chi connectivity index (χ0v) is 69.3. The molecule has 3 N–H and O–H groups in total. The average molecular weight is 1510 g/mol. The highest BCUT2D eigenvalue weighted by Gasteiger charge is 2.30. The fourth-order valence-electron chi connectivity index (χ4n) is 13.1. The van der Waals surface area contributed by atoms with Crippen LogP contribution < -0.4 is 0 Å². The summed E-state index contributed by atoms with van der Waals surface area (Å²) in [5, 5.41) is 10.6. The molecule has 0 aliphatic rings. The third-order valence-corrected chi connectivity index (χ3v) is 21.7. The van der Waals surface area contributed by atoms with Crippen LogP contribution in [0.25, 0.3) is 0 Å². The Morgan fingerprint density at radius 2 is 0.447 bits per heavy atom.